The van der Waals surface area contributed by atoms with Crippen LogP contribution in [-0.4, -0.2) is 7.11 Å². The number of ether oxygens (including phenoxy) is 1. The zero-order valence-corrected chi connectivity index (χ0v) is 9.00. The number of methoxy groups -OCH3 is 1. The number of rotatable bonds is 1. The number of halogens is 1. The van der Waals surface area contributed by atoms with E-state index in [1.54, 1.807) is 18.4 Å². The normalized spacial score (nSPS) is 10.7. The first-order valence-electron chi connectivity index (χ1n) is 3.95. The van der Waals surface area contributed by atoms with Gasteiger partial charge in [-0.3, -0.25) is 0 Å². The fraction of sp³-hybridized carbons (Fsp3) is 0.200. The zero-order chi connectivity index (χ0) is 9.42. The fourth-order valence-corrected chi connectivity index (χ4v) is 2.50. The van der Waals surface area contributed by atoms with Crippen molar-refractivity contribution < 1.29 is 4.74 Å². The van der Waals surface area contributed by atoms with Gasteiger partial charge >= 0.3 is 0 Å². The highest BCUT2D eigenvalue weighted by molar-refractivity contribution is 7.21. The van der Waals surface area contributed by atoms with Gasteiger partial charge < -0.3 is 4.74 Å². The smallest absolute Gasteiger partial charge is 0.174 e. The first-order chi connectivity index (χ1) is 6.22. The molecule has 1 aromatic carbocycles. The lowest BCUT2D eigenvalue weighted by Gasteiger charge is -1.96. The monoisotopic (exact) mass is 212 g/mol. The maximum Gasteiger partial charge on any atom is 0.174 e. The first kappa shape index (κ1) is 8.85. The Bertz CT molecular complexity index is 447. The summed E-state index contributed by atoms with van der Waals surface area (Å²) >= 11 is 7.74. The van der Waals surface area contributed by atoms with Gasteiger partial charge in [-0.25, -0.2) is 0 Å². The van der Waals surface area contributed by atoms with Crippen LogP contribution in [0.3, 0.4) is 0 Å². The molecule has 2 rings (SSSR count). The van der Waals surface area contributed by atoms with Gasteiger partial charge in [-0.05, 0) is 23.9 Å². The van der Waals surface area contributed by atoms with Gasteiger partial charge in [0.25, 0.3) is 0 Å². The topological polar surface area (TPSA) is 9.23 Å². The molecule has 1 nitrogen and oxygen atoms in total. The second-order valence-corrected chi connectivity index (χ2v) is 4.28. The molecule has 0 unspecified atom stereocenters. The highest BCUT2D eigenvalue weighted by Crippen LogP contribution is 2.37. The van der Waals surface area contributed by atoms with Crippen molar-refractivity contribution in [3.63, 3.8) is 0 Å². The standard InChI is InChI=1S/C10H9ClOS/c1-6-3-4-7-5-8(12-2)13-10(7)9(6)11/h3-5H,1-2H3. The lowest BCUT2D eigenvalue weighted by Crippen LogP contribution is -1.73. The molecule has 0 aliphatic heterocycles. The molecule has 13 heavy (non-hydrogen) atoms. The largest absolute Gasteiger partial charge is 0.487 e. The Balaban J connectivity index is 2.76. The van der Waals surface area contributed by atoms with Crippen LogP contribution in [0.25, 0.3) is 10.1 Å². The summed E-state index contributed by atoms with van der Waals surface area (Å²) in [6.45, 7) is 2.01. The highest BCUT2D eigenvalue weighted by atomic mass is 35.5. The molecular formula is C10H9ClOS. The number of hydrogen-bond acceptors (Lipinski definition) is 2. The van der Waals surface area contributed by atoms with Crippen LogP contribution in [0.5, 0.6) is 5.06 Å². The molecule has 0 fully saturated rings. The number of aryl methyl sites for hydroxylation is 1. The molecule has 0 spiro atoms. The molecule has 1 heterocycles. The van der Waals surface area contributed by atoms with E-state index in [2.05, 4.69) is 6.07 Å². The summed E-state index contributed by atoms with van der Waals surface area (Å²) in [6, 6.07) is 6.09. The third-order valence-corrected chi connectivity index (χ3v) is 3.73. The summed E-state index contributed by atoms with van der Waals surface area (Å²) in [6.07, 6.45) is 0. The maximum atomic E-state index is 6.15. The van der Waals surface area contributed by atoms with E-state index in [1.807, 2.05) is 19.1 Å². The van der Waals surface area contributed by atoms with Crippen LogP contribution >= 0.6 is 22.9 Å². The number of benzene rings is 1. The third-order valence-electron chi connectivity index (χ3n) is 2.00. The Morgan fingerprint density at radius 1 is 1.38 bits per heavy atom. The molecule has 0 bridgehead atoms. The number of hydrogen-bond donors (Lipinski definition) is 0. The van der Waals surface area contributed by atoms with Crippen LogP contribution in [0.2, 0.25) is 5.02 Å². The van der Waals surface area contributed by atoms with Crippen LogP contribution in [0.15, 0.2) is 18.2 Å². The van der Waals surface area contributed by atoms with Crippen molar-refractivity contribution in [3.8, 4) is 5.06 Å². The van der Waals surface area contributed by atoms with Gasteiger partial charge in [-0.2, -0.15) is 0 Å². The Kier molecular flexibility index (Phi) is 2.18. The zero-order valence-electron chi connectivity index (χ0n) is 7.43. The van der Waals surface area contributed by atoms with E-state index in [0.29, 0.717) is 0 Å². The van der Waals surface area contributed by atoms with Crippen molar-refractivity contribution in [2.75, 3.05) is 7.11 Å². The van der Waals surface area contributed by atoms with E-state index in [-0.39, 0.29) is 0 Å². The molecule has 0 amide bonds. The van der Waals surface area contributed by atoms with Crippen molar-refractivity contribution in [1.82, 2.24) is 0 Å². The Hall–Kier alpha value is -0.730. The summed E-state index contributed by atoms with van der Waals surface area (Å²) in [5, 5.41) is 2.89. The summed E-state index contributed by atoms with van der Waals surface area (Å²) in [5.74, 6) is 0. The van der Waals surface area contributed by atoms with Crippen molar-refractivity contribution in [2.24, 2.45) is 0 Å². The quantitative estimate of drug-likeness (QED) is 0.697. The highest BCUT2D eigenvalue weighted by Gasteiger charge is 2.06. The summed E-state index contributed by atoms with van der Waals surface area (Å²) < 4.78 is 6.26. The number of fused-ring (bicyclic) bond motifs is 1. The molecule has 0 saturated heterocycles. The molecule has 0 aliphatic rings. The molecule has 0 N–H and O–H groups in total. The van der Waals surface area contributed by atoms with Crippen molar-refractivity contribution in [2.45, 2.75) is 6.92 Å². The second kappa shape index (κ2) is 3.20. The van der Waals surface area contributed by atoms with E-state index in [1.165, 1.54) is 0 Å². The first-order valence-corrected chi connectivity index (χ1v) is 5.14. The van der Waals surface area contributed by atoms with Gasteiger partial charge in [0, 0.05) is 0 Å². The fourth-order valence-electron chi connectivity index (χ4n) is 1.24. The predicted octanol–water partition coefficient (Wildman–Crippen LogP) is 3.87. The maximum absolute atomic E-state index is 6.15. The van der Waals surface area contributed by atoms with Crippen LogP contribution in [0.1, 0.15) is 5.56 Å². The summed E-state index contributed by atoms with van der Waals surface area (Å²) in [7, 11) is 1.67. The predicted molar refractivity (Wildman–Crippen MR) is 58.1 cm³/mol. The number of thiophene rings is 1. The molecule has 0 saturated carbocycles. The molecule has 2 aromatic rings. The van der Waals surface area contributed by atoms with Crippen LogP contribution in [0.4, 0.5) is 0 Å². The van der Waals surface area contributed by atoms with E-state index in [4.69, 9.17) is 16.3 Å². The third kappa shape index (κ3) is 1.40. The lowest BCUT2D eigenvalue weighted by atomic mass is 10.2. The van der Waals surface area contributed by atoms with Gasteiger partial charge in [-0.1, -0.05) is 35.1 Å². The van der Waals surface area contributed by atoms with Crippen LogP contribution in [-0.2, 0) is 0 Å². The Morgan fingerprint density at radius 3 is 2.85 bits per heavy atom. The van der Waals surface area contributed by atoms with Crippen molar-refractivity contribution in [1.29, 1.82) is 0 Å². The molecule has 68 valence electrons. The SMILES string of the molecule is COc1cc2ccc(C)c(Cl)c2s1. The van der Waals surface area contributed by atoms with Gasteiger partial charge in [0.05, 0.1) is 16.8 Å². The summed E-state index contributed by atoms with van der Waals surface area (Å²) in [4.78, 5) is 0. The lowest BCUT2D eigenvalue weighted by molar-refractivity contribution is 0.427. The average molecular weight is 213 g/mol. The Morgan fingerprint density at radius 2 is 2.15 bits per heavy atom. The van der Waals surface area contributed by atoms with Crippen LogP contribution < -0.4 is 4.74 Å². The molecule has 0 atom stereocenters. The molecule has 1 aromatic heterocycles. The minimum Gasteiger partial charge on any atom is -0.487 e. The van der Waals surface area contributed by atoms with Gasteiger partial charge in [0.1, 0.15) is 0 Å². The van der Waals surface area contributed by atoms with Gasteiger partial charge in [0.15, 0.2) is 5.06 Å². The van der Waals surface area contributed by atoms with Crippen LogP contribution in [0, 0.1) is 6.92 Å². The van der Waals surface area contributed by atoms with E-state index >= 15 is 0 Å². The van der Waals surface area contributed by atoms with Crippen molar-refractivity contribution >= 4 is 33.0 Å². The molecule has 0 radical (unpaired) electrons. The van der Waals surface area contributed by atoms with Gasteiger partial charge in [0.2, 0.25) is 0 Å². The molecular weight excluding hydrogens is 204 g/mol. The van der Waals surface area contributed by atoms with E-state index in [0.717, 1.165) is 25.7 Å². The Labute approximate surface area is 85.9 Å². The van der Waals surface area contributed by atoms with Crippen molar-refractivity contribution in [3.05, 3.63) is 28.8 Å². The molecule has 3 heteroatoms. The average Bonchev–Trinajstić information content (AvgIpc) is 2.55. The second-order valence-electron chi connectivity index (χ2n) is 2.88. The minimum absolute atomic E-state index is 0.839. The molecule has 0 aliphatic carbocycles. The van der Waals surface area contributed by atoms with E-state index < -0.39 is 0 Å². The van der Waals surface area contributed by atoms with Gasteiger partial charge in [-0.15, -0.1) is 0 Å². The van der Waals surface area contributed by atoms with E-state index in [9.17, 15) is 0 Å². The summed E-state index contributed by atoms with van der Waals surface area (Å²) in [5.41, 5.74) is 1.11. The minimum atomic E-state index is 0.839.